The summed E-state index contributed by atoms with van der Waals surface area (Å²) in [6.07, 6.45) is 1.55. The number of aryl methyl sites for hydroxylation is 2. The standard InChI is InChI=1S/C25H19Cl2IN2O2/c1-15-3-7-21(9-16(15)2)30-25(31)19(13-29)10-17-4-8-24(23(28)11-17)32-14-18-5-6-20(26)12-22(18)27/h3-12H,14H2,1-2H3,(H,30,31)/b19-10+. The zero-order valence-electron chi connectivity index (χ0n) is 17.4. The van der Waals surface area contributed by atoms with Crippen LogP contribution in [-0.4, -0.2) is 5.91 Å². The average molecular weight is 577 g/mol. The van der Waals surface area contributed by atoms with Gasteiger partial charge in [-0.2, -0.15) is 5.26 Å². The topological polar surface area (TPSA) is 62.1 Å². The molecular formula is C25H19Cl2IN2O2. The highest BCUT2D eigenvalue weighted by Crippen LogP contribution is 2.27. The summed E-state index contributed by atoms with van der Waals surface area (Å²) in [5.74, 6) is 0.218. The van der Waals surface area contributed by atoms with Gasteiger partial charge in [-0.05, 0) is 95.6 Å². The van der Waals surface area contributed by atoms with Gasteiger partial charge in [-0.25, -0.2) is 0 Å². The molecule has 3 rings (SSSR count). The Balaban J connectivity index is 1.72. The number of amides is 1. The van der Waals surface area contributed by atoms with Crippen LogP contribution in [0.1, 0.15) is 22.3 Å². The van der Waals surface area contributed by atoms with Gasteiger partial charge in [0.25, 0.3) is 5.91 Å². The molecule has 0 saturated heterocycles. The number of hydrogen-bond donors (Lipinski definition) is 1. The van der Waals surface area contributed by atoms with Crippen LogP contribution in [0.25, 0.3) is 6.08 Å². The third kappa shape index (κ3) is 6.26. The van der Waals surface area contributed by atoms with Gasteiger partial charge in [0.2, 0.25) is 0 Å². The van der Waals surface area contributed by atoms with Gasteiger partial charge in [0.05, 0.1) is 3.57 Å². The van der Waals surface area contributed by atoms with Crippen LogP contribution in [-0.2, 0) is 11.4 Å². The number of nitrogens with one attached hydrogen (secondary N) is 1. The molecule has 4 nitrogen and oxygen atoms in total. The van der Waals surface area contributed by atoms with E-state index in [4.69, 9.17) is 27.9 Å². The van der Waals surface area contributed by atoms with Crippen molar-refractivity contribution in [2.45, 2.75) is 20.5 Å². The quantitative estimate of drug-likeness (QED) is 0.190. The first kappa shape index (κ1) is 24.1. The van der Waals surface area contributed by atoms with Gasteiger partial charge in [-0.3, -0.25) is 4.79 Å². The SMILES string of the molecule is Cc1ccc(NC(=O)/C(C#N)=C/c2ccc(OCc3ccc(Cl)cc3Cl)c(I)c2)cc1C. The summed E-state index contributed by atoms with van der Waals surface area (Å²) < 4.78 is 6.72. The van der Waals surface area contributed by atoms with E-state index in [9.17, 15) is 10.1 Å². The molecule has 0 aliphatic rings. The maximum Gasteiger partial charge on any atom is 0.266 e. The number of carbonyl (C=O) groups excluding carboxylic acids is 1. The molecule has 0 saturated carbocycles. The maximum atomic E-state index is 12.6. The summed E-state index contributed by atoms with van der Waals surface area (Å²) in [6, 6.07) is 18.3. The summed E-state index contributed by atoms with van der Waals surface area (Å²) in [6.45, 7) is 4.27. The number of halogens is 3. The second-order valence-electron chi connectivity index (χ2n) is 7.14. The zero-order chi connectivity index (χ0) is 23.3. The number of benzene rings is 3. The molecule has 0 heterocycles. The molecule has 3 aromatic rings. The van der Waals surface area contributed by atoms with E-state index in [1.165, 1.54) is 0 Å². The predicted molar refractivity (Wildman–Crippen MR) is 138 cm³/mol. The fourth-order valence-electron chi connectivity index (χ4n) is 2.85. The number of carbonyl (C=O) groups is 1. The first-order chi connectivity index (χ1) is 15.3. The van der Waals surface area contributed by atoms with E-state index >= 15 is 0 Å². The van der Waals surface area contributed by atoms with Crippen LogP contribution in [0.5, 0.6) is 5.75 Å². The zero-order valence-corrected chi connectivity index (χ0v) is 21.0. The van der Waals surface area contributed by atoms with Crippen molar-refractivity contribution >= 4 is 63.5 Å². The van der Waals surface area contributed by atoms with Gasteiger partial charge < -0.3 is 10.1 Å². The van der Waals surface area contributed by atoms with Crippen LogP contribution in [0.3, 0.4) is 0 Å². The average Bonchev–Trinajstić information content (AvgIpc) is 2.75. The molecule has 1 amide bonds. The van der Waals surface area contributed by atoms with Crippen LogP contribution < -0.4 is 10.1 Å². The number of hydrogen-bond acceptors (Lipinski definition) is 3. The van der Waals surface area contributed by atoms with Crippen molar-refractivity contribution in [3.63, 3.8) is 0 Å². The number of nitrogens with zero attached hydrogens (tertiary/aromatic N) is 1. The summed E-state index contributed by atoms with van der Waals surface area (Å²) in [5.41, 5.74) is 4.41. The molecular weight excluding hydrogens is 558 g/mol. The molecule has 0 fully saturated rings. The van der Waals surface area contributed by atoms with Gasteiger partial charge in [-0.15, -0.1) is 0 Å². The van der Waals surface area contributed by atoms with Crippen LogP contribution in [0.15, 0.2) is 60.2 Å². The van der Waals surface area contributed by atoms with Crippen molar-refractivity contribution in [2.75, 3.05) is 5.32 Å². The molecule has 0 unspecified atom stereocenters. The van der Waals surface area contributed by atoms with Crippen molar-refractivity contribution in [3.05, 3.63) is 96.0 Å². The van der Waals surface area contributed by atoms with E-state index in [2.05, 4.69) is 27.9 Å². The molecule has 32 heavy (non-hydrogen) atoms. The predicted octanol–water partition coefficient (Wildman–Crippen LogP) is 7.34. The number of rotatable bonds is 6. The Morgan fingerprint density at radius 3 is 2.53 bits per heavy atom. The van der Waals surface area contributed by atoms with E-state index < -0.39 is 5.91 Å². The van der Waals surface area contributed by atoms with E-state index in [1.54, 1.807) is 30.3 Å². The van der Waals surface area contributed by atoms with Crippen molar-refractivity contribution < 1.29 is 9.53 Å². The third-order valence-corrected chi connectivity index (χ3v) is 6.23. The molecule has 7 heteroatoms. The molecule has 0 spiro atoms. The van der Waals surface area contributed by atoms with Gasteiger partial charge in [0.15, 0.2) is 0 Å². The lowest BCUT2D eigenvalue weighted by Crippen LogP contribution is -2.13. The van der Waals surface area contributed by atoms with Crippen molar-refractivity contribution in [1.29, 1.82) is 5.26 Å². The molecule has 0 bridgehead atoms. The number of nitriles is 1. The van der Waals surface area contributed by atoms with E-state index in [1.807, 2.05) is 50.2 Å². The summed E-state index contributed by atoms with van der Waals surface area (Å²) in [5, 5.41) is 13.4. The van der Waals surface area contributed by atoms with Gasteiger partial charge in [-0.1, -0.05) is 41.4 Å². The summed E-state index contributed by atoms with van der Waals surface area (Å²) in [7, 11) is 0. The minimum atomic E-state index is -0.455. The molecule has 0 aliphatic carbocycles. The van der Waals surface area contributed by atoms with Crippen molar-refractivity contribution in [3.8, 4) is 11.8 Å². The molecule has 0 aromatic heterocycles. The lowest BCUT2D eigenvalue weighted by molar-refractivity contribution is -0.112. The maximum absolute atomic E-state index is 12.6. The van der Waals surface area contributed by atoms with Crippen molar-refractivity contribution in [1.82, 2.24) is 0 Å². The largest absolute Gasteiger partial charge is 0.488 e. The number of anilines is 1. The first-order valence-corrected chi connectivity index (χ1v) is 11.5. The highest BCUT2D eigenvalue weighted by atomic mass is 127. The minimum Gasteiger partial charge on any atom is -0.488 e. The molecule has 3 aromatic carbocycles. The first-order valence-electron chi connectivity index (χ1n) is 9.63. The van der Waals surface area contributed by atoms with Gasteiger partial charge >= 0.3 is 0 Å². The van der Waals surface area contributed by atoms with Crippen LogP contribution in [0.4, 0.5) is 5.69 Å². The van der Waals surface area contributed by atoms with E-state index in [0.29, 0.717) is 28.1 Å². The Labute approximate surface area is 210 Å². The fraction of sp³-hybridized carbons (Fsp3) is 0.120. The Kier molecular flexibility index (Phi) is 8.19. The number of ether oxygens (including phenoxy) is 1. The third-order valence-electron chi connectivity index (χ3n) is 4.80. The Hall–Kier alpha value is -2.53. The highest BCUT2D eigenvalue weighted by Gasteiger charge is 2.11. The Morgan fingerprint density at radius 2 is 1.88 bits per heavy atom. The highest BCUT2D eigenvalue weighted by molar-refractivity contribution is 14.1. The van der Waals surface area contributed by atoms with E-state index in [0.717, 1.165) is 25.8 Å². The molecule has 1 N–H and O–H groups in total. The van der Waals surface area contributed by atoms with Crippen molar-refractivity contribution in [2.24, 2.45) is 0 Å². The second kappa shape index (κ2) is 10.9. The van der Waals surface area contributed by atoms with Gasteiger partial charge in [0, 0.05) is 21.3 Å². The van der Waals surface area contributed by atoms with Crippen LogP contribution in [0, 0.1) is 28.7 Å². The fourth-order valence-corrected chi connectivity index (χ4v) is 4.01. The molecule has 0 radical (unpaired) electrons. The summed E-state index contributed by atoms with van der Waals surface area (Å²) >= 11 is 14.3. The van der Waals surface area contributed by atoms with Gasteiger partial charge in [0.1, 0.15) is 24.0 Å². The molecule has 162 valence electrons. The second-order valence-corrected chi connectivity index (χ2v) is 9.14. The Bertz CT molecular complexity index is 1250. The summed E-state index contributed by atoms with van der Waals surface area (Å²) in [4.78, 5) is 12.6. The van der Waals surface area contributed by atoms with Crippen LogP contribution in [0.2, 0.25) is 10.0 Å². The van der Waals surface area contributed by atoms with Crippen LogP contribution >= 0.6 is 45.8 Å². The molecule has 0 atom stereocenters. The lowest BCUT2D eigenvalue weighted by Gasteiger charge is -2.11. The molecule has 0 aliphatic heterocycles. The lowest BCUT2D eigenvalue weighted by atomic mass is 10.1. The van der Waals surface area contributed by atoms with E-state index in [-0.39, 0.29) is 5.57 Å². The Morgan fingerprint density at radius 1 is 1.09 bits per heavy atom. The normalized spacial score (nSPS) is 11.1. The minimum absolute atomic E-state index is 0.0145. The smallest absolute Gasteiger partial charge is 0.266 e. The monoisotopic (exact) mass is 576 g/mol.